The van der Waals surface area contributed by atoms with E-state index in [1.165, 1.54) is 12.8 Å². The Balaban J connectivity index is 1.42. The standard InChI is InChI=1S/C31H40N6O2/c1-5-12-37-20-24(19-36-13-8-9-22(3)18-36)14-27(29(37)39)28(38)33-26-11-7-10-25(15-26)31(16-23(6-2)17-31)30-34-32-21-35(30)4/h5,7,10-11,14-15,20-23H,1,6,8-9,12-13,16-19H2,2-4H3,(H,33,38)/t22-,23?,31?/m0/s1. The smallest absolute Gasteiger partial charge is 0.263 e. The van der Waals surface area contributed by atoms with Crippen molar-refractivity contribution in [3.05, 3.63) is 88.4 Å². The number of likely N-dealkylation sites (tertiary alicyclic amines) is 1. The first-order valence-electron chi connectivity index (χ1n) is 14.2. The maximum absolute atomic E-state index is 13.5. The number of rotatable bonds is 9. The second kappa shape index (κ2) is 11.3. The number of pyridine rings is 1. The SMILES string of the molecule is C=CCn1cc(CN2CCC[C@H](C)C2)cc(C(=O)Nc2cccc(C3(c4nncn4C)CC(CC)C3)c2)c1=O. The molecule has 1 amide bonds. The number of carbonyl (C=O) groups excluding carboxylic acids is 1. The van der Waals surface area contributed by atoms with Crippen molar-refractivity contribution in [3.8, 4) is 0 Å². The fourth-order valence-electron chi connectivity index (χ4n) is 6.48. The molecular formula is C31H40N6O2. The molecule has 1 aliphatic carbocycles. The van der Waals surface area contributed by atoms with Gasteiger partial charge in [-0.15, -0.1) is 16.8 Å². The van der Waals surface area contributed by atoms with Crippen molar-refractivity contribution in [1.82, 2.24) is 24.2 Å². The number of allylic oxidation sites excluding steroid dienone is 1. The Morgan fingerprint density at radius 2 is 2.10 bits per heavy atom. The van der Waals surface area contributed by atoms with Gasteiger partial charge >= 0.3 is 0 Å². The number of carbonyl (C=O) groups is 1. The third-order valence-corrected chi connectivity index (χ3v) is 8.52. The number of hydrogen-bond donors (Lipinski definition) is 1. The summed E-state index contributed by atoms with van der Waals surface area (Å²) in [6, 6.07) is 9.74. The number of aromatic nitrogens is 4. The number of hydrogen-bond acceptors (Lipinski definition) is 5. The van der Waals surface area contributed by atoms with Gasteiger partial charge in [-0.2, -0.15) is 0 Å². The van der Waals surface area contributed by atoms with Crippen LogP contribution in [0.25, 0.3) is 0 Å². The molecule has 8 heteroatoms. The van der Waals surface area contributed by atoms with Crippen LogP contribution in [0.15, 0.2) is 60.3 Å². The highest BCUT2D eigenvalue weighted by Gasteiger charge is 2.49. The fraction of sp³-hybridized carbons (Fsp3) is 0.484. The molecule has 3 heterocycles. The van der Waals surface area contributed by atoms with Crippen molar-refractivity contribution >= 4 is 11.6 Å². The number of amides is 1. The van der Waals surface area contributed by atoms with Crippen LogP contribution in [0.5, 0.6) is 0 Å². The Morgan fingerprint density at radius 3 is 2.79 bits per heavy atom. The number of aryl methyl sites for hydroxylation is 1. The maximum atomic E-state index is 13.5. The Morgan fingerprint density at radius 1 is 1.28 bits per heavy atom. The molecule has 1 aliphatic heterocycles. The van der Waals surface area contributed by atoms with Gasteiger partial charge in [-0.05, 0) is 73.4 Å². The Hall–Kier alpha value is -3.52. The fourth-order valence-corrected chi connectivity index (χ4v) is 6.48. The molecule has 1 aromatic carbocycles. The molecule has 2 aromatic heterocycles. The summed E-state index contributed by atoms with van der Waals surface area (Å²) in [6.45, 7) is 11.4. The normalized spacial score (nSPS) is 23.3. The maximum Gasteiger partial charge on any atom is 0.263 e. The van der Waals surface area contributed by atoms with E-state index >= 15 is 0 Å². The highest BCUT2D eigenvalue weighted by atomic mass is 16.2. The summed E-state index contributed by atoms with van der Waals surface area (Å²) in [5, 5.41) is 11.6. The Kier molecular flexibility index (Phi) is 7.84. The van der Waals surface area contributed by atoms with E-state index in [0.29, 0.717) is 24.1 Å². The highest BCUT2D eigenvalue weighted by Crippen LogP contribution is 2.53. The molecule has 0 spiro atoms. The Labute approximate surface area is 230 Å². The van der Waals surface area contributed by atoms with Gasteiger partial charge in [0.25, 0.3) is 11.5 Å². The minimum atomic E-state index is -0.392. The van der Waals surface area contributed by atoms with Crippen molar-refractivity contribution in [2.75, 3.05) is 18.4 Å². The first-order valence-corrected chi connectivity index (χ1v) is 14.2. The molecule has 3 aromatic rings. The molecule has 1 atom stereocenters. The van der Waals surface area contributed by atoms with Crippen LogP contribution in [0.2, 0.25) is 0 Å². The first-order chi connectivity index (χ1) is 18.8. The minimum Gasteiger partial charge on any atom is -0.322 e. The molecule has 39 heavy (non-hydrogen) atoms. The zero-order chi connectivity index (χ0) is 27.6. The molecule has 1 saturated carbocycles. The van der Waals surface area contributed by atoms with E-state index in [4.69, 9.17) is 0 Å². The van der Waals surface area contributed by atoms with Gasteiger partial charge in [0, 0.05) is 38.6 Å². The zero-order valence-electron chi connectivity index (χ0n) is 23.4. The molecule has 2 aliphatic rings. The summed E-state index contributed by atoms with van der Waals surface area (Å²) >= 11 is 0. The van der Waals surface area contributed by atoms with E-state index in [1.807, 2.05) is 36.0 Å². The number of benzene rings is 1. The van der Waals surface area contributed by atoms with Crippen molar-refractivity contribution < 1.29 is 4.79 Å². The molecule has 0 unspecified atom stereocenters. The third kappa shape index (κ3) is 5.48. The van der Waals surface area contributed by atoms with E-state index in [2.05, 4.69) is 46.9 Å². The zero-order valence-corrected chi connectivity index (χ0v) is 23.4. The predicted molar refractivity (Wildman–Crippen MR) is 154 cm³/mol. The molecule has 0 bridgehead atoms. The van der Waals surface area contributed by atoms with E-state index in [9.17, 15) is 9.59 Å². The van der Waals surface area contributed by atoms with E-state index in [1.54, 1.807) is 23.0 Å². The van der Waals surface area contributed by atoms with Crippen LogP contribution in [-0.4, -0.2) is 43.2 Å². The average molecular weight is 529 g/mol. The average Bonchev–Trinajstić information content (AvgIpc) is 3.32. The number of nitrogens with zero attached hydrogens (tertiary/aromatic N) is 5. The molecule has 8 nitrogen and oxygen atoms in total. The molecule has 2 fully saturated rings. The van der Waals surface area contributed by atoms with Crippen LogP contribution in [-0.2, 0) is 25.6 Å². The predicted octanol–water partition coefficient (Wildman–Crippen LogP) is 4.75. The summed E-state index contributed by atoms with van der Waals surface area (Å²) in [5.74, 6) is 1.84. The summed E-state index contributed by atoms with van der Waals surface area (Å²) in [5.41, 5.74) is 2.37. The lowest BCUT2D eigenvalue weighted by Crippen LogP contribution is -2.44. The van der Waals surface area contributed by atoms with Gasteiger partial charge in [-0.1, -0.05) is 38.5 Å². The van der Waals surface area contributed by atoms with Crippen LogP contribution >= 0.6 is 0 Å². The lowest BCUT2D eigenvalue weighted by atomic mass is 9.57. The van der Waals surface area contributed by atoms with Crippen LogP contribution in [0.4, 0.5) is 5.69 Å². The third-order valence-electron chi connectivity index (χ3n) is 8.52. The van der Waals surface area contributed by atoms with Crippen LogP contribution in [0.3, 0.4) is 0 Å². The summed E-state index contributed by atoms with van der Waals surface area (Å²) in [7, 11) is 1.98. The largest absolute Gasteiger partial charge is 0.322 e. The molecule has 0 radical (unpaired) electrons. The van der Waals surface area contributed by atoms with Crippen molar-refractivity contribution in [3.63, 3.8) is 0 Å². The van der Waals surface area contributed by atoms with Crippen LogP contribution < -0.4 is 10.9 Å². The number of piperidine rings is 1. The molecule has 1 N–H and O–H groups in total. The second-order valence-corrected chi connectivity index (χ2v) is 11.6. The van der Waals surface area contributed by atoms with Crippen LogP contribution in [0, 0.1) is 11.8 Å². The van der Waals surface area contributed by atoms with Gasteiger partial charge in [-0.25, -0.2) is 0 Å². The molecule has 5 rings (SSSR count). The summed E-state index contributed by atoms with van der Waals surface area (Å²) in [6.07, 6.45) is 10.8. The van der Waals surface area contributed by atoms with Crippen LogP contribution in [0.1, 0.15) is 73.3 Å². The van der Waals surface area contributed by atoms with Gasteiger partial charge in [-0.3, -0.25) is 14.5 Å². The van der Waals surface area contributed by atoms with Gasteiger partial charge < -0.3 is 14.5 Å². The Bertz CT molecular complexity index is 1400. The lowest BCUT2D eigenvalue weighted by molar-refractivity contribution is 0.102. The van der Waals surface area contributed by atoms with Gasteiger partial charge in [0.15, 0.2) is 0 Å². The number of nitrogens with one attached hydrogen (secondary N) is 1. The van der Waals surface area contributed by atoms with Gasteiger partial charge in [0.2, 0.25) is 0 Å². The first kappa shape index (κ1) is 27.1. The highest BCUT2D eigenvalue weighted by molar-refractivity contribution is 6.04. The topological polar surface area (TPSA) is 85.1 Å². The summed E-state index contributed by atoms with van der Waals surface area (Å²) < 4.78 is 3.58. The van der Waals surface area contributed by atoms with E-state index < -0.39 is 5.91 Å². The molecule has 1 saturated heterocycles. The van der Waals surface area contributed by atoms with E-state index in [0.717, 1.165) is 55.8 Å². The van der Waals surface area contributed by atoms with Gasteiger partial charge in [0.1, 0.15) is 17.7 Å². The molecule has 206 valence electrons. The van der Waals surface area contributed by atoms with Crippen molar-refractivity contribution in [2.24, 2.45) is 18.9 Å². The second-order valence-electron chi connectivity index (χ2n) is 11.6. The van der Waals surface area contributed by atoms with Crippen molar-refractivity contribution in [2.45, 2.75) is 64.5 Å². The number of anilines is 1. The minimum absolute atomic E-state index is 0.155. The summed E-state index contributed by atoms with van der Waals surface area (Å²) in [4.78, 5) is 29.2. The lowest BCUT2D eigenvalue weighted by Gasteiger charge is -2.47. The molecular weight excluding hydrogens is 488 g/mol. The van der Waals surface area contributed by atoms with Crippen molar-refractivity contribution in [1.29, 1.82) is 0 Å². The van der Waals surface area contributed by atoms with Gasteiger partial charge in [0.05, 0.1) is 5.41 Å². The van der Waals surface area contributed by atoms with E-state index in [-0.39, 0.29) is 16.5 Å². The monoisotopic (exact) mass is 528 g/mol. The quantitative estimate of drug-likeness (QED) is 0.405.